The Balaban J connectivity index is 1.64. The number of nitrogens with one attached hydrogen (secondary N) is 2. The molecule has 2 amide bonds. The first-order valence-electron chi connectivity index (χ1n) is 9.97. The summed E-state index contributed by atoms with van der Waals surface area (Å²) >= 11 is 5.96. The van der Waals surface area contributed by atoms with Gasteiger partial charge in [0.05, 0.1) is 17.5 Å². The van der Waals surface area contributed by atoms with Crippen molar-refractivity contribution in [1.29, 1.82) is 0 Å². The van der Waals surface area contributed by atoms with Gasteiger partial charge < -0.3 is 14.5 Å². The van der Waals surface area contributed by atoms with Crippen molar-refractivity contribution in [1.82, 2.24) is 5.43 Å². The lowest BCUT2D eigenvalue weighted by Gasteiger charge is -2.16. The van der Waals surface area contributed by atoms with E-state index >= 15 is 0 Å². The van der Waals surface area contributed by atoms with Crippen molar-refractivity contribution in [3.05, 3.63) is 82.3 Å². The lowest BCUT2D eigenvalue weighted by molar-refractivity contribution is -0.122. The summed E-state index contributed by atoms with van der Waals surface area (Å²) in [5, 5.41) is 7.59. The van der Waals surface area contributed by atoms with Crippen molar-refractivity contribution in [2.24, 2.45) is 5.10 Å². The quantitative estimate of drug-likeness (QED) is 0.384. The Labute approximate surface area is 191 Å². The summed E-state index contributed by atoms with van der Waals surface area (Å²) in [6.45, 7) is 7.01. The number of hydrazone groups is 1. The molecule has 1 heterocycles. The van der Waals surface area contributed by atoms with Crippen LogP contribution in [0.1, 0.15) is 41.1 Å². The maximum absolute atomic E-state index is 12.6. The van der Waals surface area contributed by atoms with Gasteiger partial charge in [-0.25, -0.2) is 5.43 Å². The second kappa shape index (κ2) is 10.2. The van der Waals surface area contributed by atoms with Crippen LogP contribution in [0.4, 0.5) is 5.69 Å². The van der Waals surface area contributed by atoms with E-state index < -0.39 is 6.10 Å². The predicted octanol–water partition coefficient (Wildman–Crippen LogP) is 5.11. The largest absolute Gasteiger partial charge is 0.481 e. The number of carbonyl (C=O) groups is 2. The summed E-state index contributed by atoms with van der Waals surface area (Å²) in [6.07, 6.45) is 0.733. The first-order chi connectivity index (χ1) is 15.2. The van der Waals surface area contributed by atoms with Gasteiger partial charge in [-0.1, -0.05) is 23.7 Å². The first-order valence-corrected chi connectivity index (χ1v) is 10.3. The van der Waals surface area contributed by atoms with E-state index in [2.05, 4.69) is 15.8 Å². The molecule has 0 fully saturated rings. The number of furan rings is 1. The van der Waals surface area contributed by atoms with E-state index in [1.54, 1.807) is 63.2 Å². The Morgan fingerprint density at radius 2 is 1.91 bits per heavy atom. The van der Waals surface area contributed by atoms with Gasteiger partial charge in [0.15, 0.2) is 6.10 Å². The topological polar surface area (TPSA) is 92.9 Å². The molecule has 1 aromatic heterocycles. The molecule has 0 aliphatic heterocycles. The number of anilines is 1. The van der Waals surface area contributed by atoms with Crippen molar-refractivity contribution in [2.45, 2.75) is 33.8 Å². The number of nitrogens with zero attached hydrogens (tertiary/aromatic N) is 1. The van der Waals surface area contributed by atoms with E-state index in [0.717, 1.165) is 11.1 Å². The first kappa shape index (κ1) is 23.1. The van der Waals surface area contributed by atoms with Crippen LogP contribution in [0.2, 0.25) is 5.02 Å². The molecule has 1 atom stereocenters. The SMILES string of the molecule is CC(=NNC(=O)c1ccoc1C)c1cccc(NC(=O)C(C)Oc2ccc(Cl)cc2C)c1. The van der Waals surface area contributed by atoms with Crippen LogP contribution < -0.4 is 15.5 Å². The lowest BCUT2D eigenvalue weighted by atomic mass is 10.1. The summed E-state index contributed by atoms with van der Waals surface area (Å²) in [5.41, 5.74) is 5.69. The van der Waals surface area contributed by atoms with Gasteiger partial charge in [-0.3, -0.25) is 9.59 Å². The molecule has 3 rings (SSSR count). The molecule has 0 saturated heterocycles. The van der Waals surface area contributed by atoms with Crippen molar-refractivity contribution in [3.63, 3.8) is 0 Å². The van der Waals surface area contributed by atoms with Gasteiger partial charge in [0, 0.05) is 10.7 Å². The van der Waals surface area contributed by atoms with Crippen LogP contribution in [-0.2, 0) is 4.79 Å². The van der Waals surface area contributed by atoms with Crippen LogP contribution in [0.25, 0.3) is 0 Å². The van der Waals surface area contributed by atoms with Gasteiger partial charge in [0.2, 0.25) is 0 Å². The maximum atomic E-state index is 12.6. The number of hydrogen-bond acceptors (Lipinski definition) is 5. The minimum absolute atomic E-state index is 0.296. The molecule has 0 bridgehead atoms. The molecular weight excluding hydrogens is 430 g/mol. The fourth-order valence-corrected chi connectivity index (χ4v) is 3.16. The molecule has 32 heavy (non-hydrogen) atoms. The van der Waals surface area contributed by atoms with E-state index in [9.17, 15) is 9.59 Å². The Morgan fingerprint density at radius 3 is 2.59 bits per heavy atom. The molecule has 166 valence electrons. The lowest BCUT2D eigenvalue weighted by Crippen LogP contribution is -2.30. The van der Waals surface area contributed by atoms with Crippen LogP contribution >= 0.6 is 11.6 Å². The highest BCUT2D eigenvalue weighted by Gasteiger charge is 2.16. The number of rotatable bonds is 7. The standard InChI is InChI=1S/C24H24ClN3O4/c1-14-12-19(25)8-9-22(14)32-17(4)23(29)26-20-7-5-6-18(13-20)15(2)27-28-24(30)21-10-11-31-16(21)3/h5-13,17H,1-4H3,(H,26,29)(H,28,30). The maximum Gasteiger partial charge on any atom is 0.274 e. The molecule has 7 nitrogen and oxygen atoms in total. The highest BCUT2D eigenvalue weighted by molar-refractivity contribution is 6.30. The van der Waals surface area contributed by atoms with E-state index in [1.807, 2.05) is 13.0 Å². The summed E-state index contributed by atoms with van der Waals surface area (Å²) < 4.78 is 10.9. The van der Waals surface area contributed by atoms with Gasteiger partial charge in [-0.2, -0.15) is 5.10 Å². The minimum Gasteiger partial charge on any atom is -0.481 e. The average molecular weight is 454 g/mol. The van der Waals surface area contributed by atoms with Crippen molar-refractivity contribution >= 4 is 34.8 Å². The van der Waals surface area contributed by atoms with E-state index in [4.69, 9.17) is 20.8 Å². The molecule has 0 spiro atoms. The van der Waals surface area contributed by atoms with Crippen molar-refractivity contribution < 1.29 is 18.7 Å². The summed E-state index contributed by atoms with van der Waals surface area (Å²) in [4.78, 5) is 24.8. The second-order valence-corrected chi connectivity index (χ2v) is 7.70. The number of aryl methyl sites for hydroxylation is 2. The fraction of sp³-hybridized carbons (Fsp3) is 0.208. The monoisotopic (exact) mass is 453 g/mol. The van der Waals surface area contributed by atoms with Gasteiger partial charge in [-0.15, -0.1) is 0 Å². The normalized spacial score (nSPS) is 12.2. The summed E-state index contributed by atoms with van der Waals surface area (Å²) in [5.74, 6) is 0.459. The number of hydrogen-bond donors (Lipinski definition) is 2. The van der Waals surface area contributed by atoms with Crippen molar-refractivity contribution in [3.8, 4) is 5.75 Å². The molecule has 0 radical (unpaired) electrons. The third-order valence-corrected chi connectivity index (χ3v) is 5.02. The summed E-state index contributed by atoms with van der Waals surface area (Å²) in [6, 6.07) is 14.0. The molecular formula is C24H24ClN3O4. The van der Waals surface area contributed by atoms with Gasteiger partial charge in [0.25, 0.3) is 11.8 Å². The zero-order valence-electron chi connectivity index (χ0n) is 18.2. The van der Waals surface area contributed by atoms with E-state index in [1.165, 1.54) is 6.26 Å². The van der Waals surface area contributed by atoms with E-state index in [-0.39, 0.29) is 11.8 Å². The molecule has 0 aliphatic rings. The van der Waals surface area contributed by atoms with Gasteiger partial charge in [-0.05, 0) is 75.2 Å². The minimum atomic E-state index is -0.717. The Morgan fingerprint density at radius 1 is 1.12 bits per heavy atom. The smallest absolute Gasteiger partial charge is 0.274 e. The second-order valence-electron chi connectivity index (χ2n) is 7.27. The number of amides is 2. The molecule has 0 saturated carbocycles. The van der Waals surface area contributed by atoms with Gasteiger partial charge in [0.1, 0.15) is 11.5 Å². The third kappa shape index (κ3) is 5.76. The molecule has 8 heteroatoms. The van der Waals surface area contributed by atoms with Crippen molar-refractivity contribution in [2.75, 3.05) is 5.32 Å². The van der Waals surface area contributed by atoms with E-state index in [0.29, 0.717) is 33.5 Å². The number of carbonyl (C=O) groups excluding carboxylic acids is 2. The number of benzene rings is 2. The number of halogens is 1. The molecule has 2 N–H and O–H groups in total. The zero-order valence-corrected chi connectivity index (χ0v) is 19.0. The van der Waals surface area contributed by atoms with Gasteiger partial charge >= 0.3 is 0 Å². The van der Waals surface area contributed by atoms with Crippen LogP contribution in [-0.4, -0.2) is 23.6 Å². The predicted molar refractivity (Wildman–Crippen MR) is 124 cm³/mol. The number of ether oxygens (including phenoxy) is 1. The highest BCUT2D eigenvalue weighted by atomic mass is 35.5. The molecule has 2 aromatic carbocycles. The third-order valence-electron chi connectivity index (χ3n) is 4.79. The molecule has 3 aromatic rings. The van der Waals surface area contributed by atoms with Crippen LogP contribution in [0, 0.1) is 13.8 Å². The Bertz CT molecular complexity index is 1170. The van der Waals surface area contributed by atoms with Crippen LogP contribution in [0.15, 0.2) is 64.3 Å². The molecule has 1 unspecified atom stereocenters. The Hall–Kier alpha value is -3.58. The molecule has 0 aliphatic carbocycles. The average Bonchev–Trinajstić information content (AvgIpc) is 3.19. The zero-order chi connectivity index (χ0) is 23.3. The summed E-state index contributed by atoms with van der Waals surface area (Å²) in [7, 11) is 0. The van der Waals surface area contributed by atoms with Crippen LogP contribution in [0.3, 0.4) is 0 Å². The van der Waals surface area contributed by atoms with Crippen LogP contribution in [0.5, 0.6) is 5.75 Å². The fourth-order valence-electron chi connectivity index (χ4n) is 2.93. The Kier molecular flexibility index (Phi) is 7.33. The highest BCUT2D eigenvalue weighted by Crippen LogP contribution is 2.23.